The van der Waals surface area contributed by atoms with Crippen LogP contribution in [0.15, 0.2) is 36.4 Å². The fourth-order valence-corrected chi connectivity index (χ4v) is 5.17. The van der Waals surface area contributed by atoms with Crippen LogP contribution in [0.3, 0.4) is 0 Å². The molecule has 0 aliphatic carbocycles. The van der Waals surface area contributed by atoms with Gasteiger partial charge >= 0.3 is 0 Å². The highest BCUT2D eigenvalue weighted by Crippen LogP contribution is 2.36. The van der Waals surface area contributed by atoms with Gasteiger partial charge in [-0.15, -0.1) is 0 Å². The van der Waals surface area contributed by atoms with Gasteiger partial charge in [0.05, 0.1) is 11.4 Å². The zero-order valence-corrected chi connectivity index (χ0v) is 23.7. The molecule has 0 fully saturated rings. The van der Waals surface area contributed by atoms with Gasteiger partial charge in [-0.05, 0) is 64.4 Å². The summed E-state index contributed by atoms with van der Waals surface area (Å²) in [6.07, 6.45) is 0. The van der Waals surface area contributed by atoms with Crippen LogP contribution in [0.5, 0.6) is 11.5 Å². The summed E-state index contributed by atoms with van der Waals surface area (Å²) < 4.78 is 37.9. The van der Waals surface area contributed by atoms with Crippen LogP contribution in [0.2, 0.25) is 10.0 Å². The first-order chi connectivity index (χ1) is 17.2. The lowest BCUT2D eigenvalue weighted by Gasteiger charge is -2.33. The topological polar surface area (TPSA) is 105 Å². The van der Waals surface area contributed by atoms with Gasteiger partial charge in [-0.3, -0.25) is 13.9 Å². The third-order valence-corrected chi connectivity index (χ3v) is 7.97. The molecule has 2 aromatic rings. The molecule has 1 aliphatic rings. The average molecular weight is 573 g/mol. The Kier molecular flexibility index (Phi) is 8.87. The molecule has 0 aromatic heterocycles. The number of anilines is 1. The Labute approximate surface area is 227 Å². The van der Waals surface area contributed by atoms with Gasteiger partial charge < -0.3 is 19.7 Å². The first kappa shape index (κ1) is 28.9. The highest BCUT2D eigenvalue weighted by atomic mass is 35.5. The second-order valence-electron chi connectivity index (χ2n) is 9.62. The van der Waals surface area contributed by atoms with Crippen LogP contribution in [0.1, 0.15) is 40.2 Å². The first-order valence-corrected chi connectivity index (χ1v) is 14.0. The van der Waals surface area contributed by atoms with Crippen molar-refractivity contribution in [3.05, 3.63) is 52.0 Å². The van der Waals surface area contributed by atoms with Crippen LogP contribution in [-0.4, -0.2) is 55.8 Å². The predicted octanol–water partition coefficient (Wildman–Crippen LogP) is 4.21. The molecule has 202 valence electrons. The van der Waals surface area contributed by atoms with Crippen molar-refractivity contribution in [2.75, 3.05) is 23.4 Å². The highest BCUT2D eigenvalue weighted by Gasteiger charge is 2.33. The fourth-order valence-electron chi connectivity index (χ4n) is 3.65. The molecule has 0 saturated carbocycles. The number of carbonyl (C=O) groups excluding carboxylic acids is 2. The van der Waals surface area contributed by atoms with Crippen molar-refractivity contribution in [1.29, 1.82) is 0 Å². The van der Waals surface area contributed by atoms with E-state index in [0.717, 1.165) is 4.31 Å². The fraction of sp³-hybridized carbons (Fsp3) is 0.440. The van der Waals surface area contributed by atoms with Gasteiger partial charge in [0.2, 0.25) is 28.6 Å². The second-order valence-corrected chi connectivity index (χ2v) is 12.6. The second kappa shape index (κ2) is 11.4. The molecule has 1 atom stereocenters. The number of ether oxygens (including phenoxy) is 2. The summed E-state index contributed by atoms with van der Waals surface area (Å²) in [7, 11) is -3.88. The van der Waals surface area contributed by atoms with E-state index in [-0.39, 0.29) is 30.7 Å². The lowest BCUT2D eigenvalue weighted by molar-refractivity contribution is -0.140. The Balaban J connectivity index is 1.97. The monoisotopic (exact) mass is 571 g/mol. The summed E-state index contributed by atoms with van der Waals surface area (Å²) in [6.45, 7) is 8.02. The maximum absolute atomic E-state index is 13.7. The summed E-state index contributed by atoms with van der Waals surface area (Å²) in [5, 5.41) is 3.62. The van der Waals surface area contributed by atoms with Crippen LogP contribution >= 0.6 is 23.2 Å². The van der Waals surface area contributed by atoms with Crippen molar-refractivity contribution >= 4 is 50.7 Å². The van der Waals surface area contributed by atoms with Crippen LogP contribution in [0.25, 0.3) is 0 Å². The number of hydrogen-bond acceptors (Lipinski definition) is 6. The third-order valence-electron chi connectivity index (χ3n) is 5.64. The van der Waals surface area contributed by atoms with E-state index >= 15 is 0 Å². The molecule has 0 saturated heterocycles. The summed E-state index contributed by atoms with van der Waals surface area (Å²) in [4.78, 5) is 28.1. The van der Waals surface area contributed by atoms with Gasteiger partial charge in [0, 0.05) is 28.2 Å². The molecule has 37 heavy (non-hydrogen) atoms. The molecule has 12 heteroatoms. The van der Waals surface area contributed by atoms with Crippen molar-refractivity contribution in [2.45, 2.75) is 52.7 Å². The number of fused-ring (bicyclic) bond motifs is 1. The van der Waals surface area contributed by atoms with E-state index in [1.54, 1.807) is 37.3 Å². The Bertz CT molecular complexity index is 1280. The van der Waals surface area contributed by atoms with Gasteiger partial charge in [0.25, 0.3) is 0 Å². The minimum Gasteiger partial charge on any atom is -0.454 e. The lowest BCUT2D eigenvalue weighted by Crippen LogP contribution is -2.54. The molecular weight excluding hydrogens is 541 g/mol. The maximum atomic E-state index is 13.7. The standard InChI is InChI=1S/C25H31Cl2N3O6S/c1-6-37(33,34)30(19-9-10-21-22(12-19)36-15-35-21)14-23(31)29(16(2)24(32)28-25(3,4)5)13-17-7-8-18(26)11-20(17)27/h7-12,16H,6,13-15H2,1-5H3,(H,28,32)/t16-/m0/s1. The average Bonchev–Trinajstić information content (AvgIpc) is 3.28. The minimum absolute atomic E-state index is 0.0221. The minimum atomic E-state index is -3.88. The van der Waals surface area contributed by atoms with Gasteiger partial charge in [-0.25, -0.2) is 8.42 Å². The summed E-state index contributed by atoms with van der Waals surface area (Å²) in [6, 6.07) is 8.56. The molecule has 1 heterocycles. The predicted molar refractivity (Wildman–Crippen MR) is 144 cm³/mol. The quantitative estimate of drug-likeness (QED) is 0.483. The molecule has 0 unspecified atom stereocenters. The van der Waals surface area contributed by atoms with Gasteiger partial charge in [0.15, 0.2) is 11.5 Å². The summed E-state index contributed by atoms with van der Waals surface area (Å²) in [5.41, 5.74) is 0.265. The van der Waals surface area contributed by atoms with E-state index in [9.17, 15) is 18.0 Å². The van der Waals surface area contributed by atoms with E-state index in [4.69, 9.17) is 32.7 Å². The Morgan fingerprint density at radius 2 is 1.76 bits per heavy atom. The molecule has 1 aliphatic heterocycles. The smallest absolute Gasteiger partial charge is 0.244 e. The molecule has 2 amide bonds. The van der Waals surface area contributed by atoms with E-state index in [1.165, 1.54) is 17.9 Å². The molecule has 0 spiro atoms. The first-order valence-electron chi connectivity index (χ1n) is 11.7. The Morgan fingerprint density at radius 1 is 1.08 bits per heavy atom. The number of amides is 2. The van der Waals surface area contributed by atoms with Crippen LogP contribution in [0, 0.1) is 0 Å². The Hall–Kier alpha value is -2.69. The number of benzene rings is 2. The molecule has 9 nitrogen and oxygen atoms in total. The summed E-state index contributed by atoms with van der Waals surface area (Å²) >= 11 is 12.4. The maximum Gasteiger partial charge on any atom is 0.244 e. The number of carbonyl (C=O) groups is 2. The van der Waals surface area contributed by atoms with E-state index in [1.807, 2.05) is 20.8 Å². The zero-order valence-electron chi connectivity index (χ0n) is 21.4. The molecular formula is C25H31Cl2N3O6S. The molecule has 2 aromatic carbocycles. The summed E-state index contributed by atoms with van der Waals surface area (Å²) in [5.74, 6) is -0.354. The molecule has 1 N–H and O–H groups in total. The van der Waals surface area contributed by atoms with Crippen molar-refractivity contribution in [3.63, 3.8) is 0 Å². The molecule has 3 rings (SSSR count). The van der Waals surface area contributed by atoms with Gasteiger partial charge in [0.1, 0.15) is 12.6 Å². The third kappa shape index (κ3) is 7.21. The van der Waals surface area contributed by atoms with Crippen molar-refractivity contribution in [3.8, 4) is 11.5 Å². The van der Waals surface area contributed by atoms with Crippen LogP contribution < -0.4 is 19.1 Å². The SMILES string of the molecule is CCS(=O)(=O)N(CC(=O)N(Cc1ccc(Cl)cc1Cl)[C@@H](C)C(=O)NC(C)(C)C)c1ccc2c(c1)OCO2. The van der Waals surface area contributed by atoms with Gasteiger partial charge in [-0.1, -0.05) is 29.3 Å². The van der Waals surface area contributed by atoms with Crippen molar-refractivity contribution in [2.24, 2.45) is 0 Å². The number of rotatable bonds is 9. The van der Waals surface area contributed by atoms with Crippen molar-refractivity contribution < 1.29 is 27.5 Å². The highest BCUT2D eigenvalue weighted by molar-refractivity contribution is 7.92. The van der Waals surface area contributed by atoms with E-state index in [2.05, 4.69) is 5.32 Å². The lowest BCUT2D eigenvalue weighted by atomic mass is 10.1. The van der Waals surface area contributed by atoms with Crippen molar-refractivity contribution in [1.82, 2.24) is 10.2 Å². The van der Waals surface area contributed by atoms with Crippen LogP contribution in [0.4, 0.5) is 5.69 Å². The van der Waals surface area contributed by atoms with E-state index < -0.39 is 34.1 Å². The van der Waals surface area contributed by atoms with E-state index in [0.29, 0.717) is 27.1 Å². The molecule has 0 bridgehead atoms. The number of nitrogens with zero attached hydrogens (tertiary/aromatic N) is 2. The normalized spacial score (nSPS) is 13.7. The van der Waals surface area contributed by atoms with Gasteiger partial charge in [-0.2, -0.15) is 0 Å². The van der Waals surface area contributed by atoms with Crippen LogP contribution in [-0.2, 0) is 26.2 Å². The Morgan fingerprint density at radius 3 is 2.38 bits per heavy atom. The molecule has 0 radical (unpaired) electrons. The number of halogens is 2. The number of hydrogen-bond donors (Lipinski definition) is 1. The number of nitrogens with one attached hydrogen (secondary N) is 1. The number of sulfonamides is 1. The zero-order chi connectivity index (χ0) is 27.5. The largest absolute Gasteiger partial charge is 0.454 e.